The molecular formula is C14H17ClN2O2. The van der Waals surface area contributed by atoms with Crippen molar-refractivity contribution in [2.75, 3.05) is 24.5 Å². The van der Waals surface area contributed by atoms with Gasteiger partial charge < -0.3 is 9.80 Å². The highest BCUT2D eigenvalue weighted by Gasteiger charge is 2.22. The predicted molar refractivity (Wildman–Crippen MR) is 75.3 cm³/mol. The zero-order valence-corrected chi connectivity index (χ0v) is 11.7. The Morgan fingerprint density at radius 3 is 2.32 bits per heavy atom. The molecule has 0 aromatic heterocycles. The molecule has 0 bridgehead atoms. The number of hydrogen-bond donors (Lipinski definition) is 0. The number of rotatable bonds is 3. The van der Waals surface area contributed by atoms with Crippen molar-refractivity contribution in [1.29, 1.82) is 0 Å². The molecule has 2 rings (SSSR count). The number of benzene rings is 1. The van der Waals surface area contributed by atoms with Crippen LogP contribution < -0.4 is 4.90 Å². The van der Waals surface area contributed by atoms with Crippen molar-refractivity contribution >= 4 is 29.1 Å². The minimum atomic E-state index is -0.144. The summed E-state index contributed by atoms with van der Waals surface area (Å²) in [6.07, 6.45) is 2.10. The molecule has 1 aromatic rings. The molecule has 5 heteroatoms. The van der Waals surface area contributed by atoms with Crippen molar-refractivity contribution in [3.8, 4) is 0 Å². The number of halogens is 1. The zero-order chi connectivity index (χ0) is 13.8. The van der Waals surface area contributed by atoms with Gasteiger partial charge in [-0.15, -0.1) is 0 Å². The summed E-state index contributed by atoms with van der Waals surface area (Å²) < 4.78 is 0. The molecule has 0 saturated carbocycles. The summed E-state index contributed by atoms with van der Waals surface area (Å²) in [4.78, 5) is 27.1. The molecule has 0 N–H and O–H groups in total. The molecule has 19 heavy (non-hydrogen) atoms. The maximum atomic E-state index is 12.1. The lowest BCUT2D eigenvalue weighted by atomic mass is 10.2. The van der Waals surface area contributed by atoms with Crippen molar-refractivity contribution in [2.24, 2.45) is 0 Å². The zero-order valence-electron chi connectivity index (χ0n) is 10.9. The van der Waals surface area contributed by atoms with Gasteiger partial charge in [0.05, 0.1) is 0 Å². The first-order valence-electron chi connectivity index (χ1n) is 6.39. The second kappa shape index (κ2) is 6.06. The van der Waals surface area contributed by atoms with Crippen LogP contribution in [0.3, 0.4) is 0 Å². The highest BCUT2D eigenvalue weighted by molar-refractivity contribution is 6.30. The van der Waals surface area contributed by atoms with E-state index in [4.69, 9.17) is 11.6 Å². The van der Waals surface area contributed by atoms with Crippen LogP contribution in [-0.4, -0.2) is 36.3 Å². The molecule has 0 atom stereocenters. The summed E-state index contributed by atoms with van der Waals surface area (Å²) in [7, 11) is 0. The van der Waals surface area contributed by atoms with Gasteiger partial charge in [-0.25, -0.2) is 0 Å². The van der Waals surface area contributed by atoms with Crippen LogP contribution in [0.25, 0.3) is 0 Å². The number of carbonyl (C=O) groups is 2. The minimum absolute atomic E-state index is 0.00245. The molecule has 2 amide bonds. The summed E-state index contributed by atoms with van der Waals surface area (Å²) in [6, 6.07) is 6.93. The summed E-state index contributed by atoms with van der Waals surface area (Å²) in [6.45, 7) is 3.15. The molecule has 1 aliphatic rings. The van der Waals surface area contributed by atoms with Crippen LogP contribution >= 0.6 is 11.6 Å². The predicted octanol–water partition coefficient (Wildman–Crippen LogP) is 2.32. The topological polar surface area (TPSA) is 40.6 Å². The fourth-order valence-corrected chi connectivity index (χ4v) is 2.33. The average molecular weight is 281 g/mol. The van der Waals surface area contributed by atoms with Gasteiger partial charge in [0.1, 0.15) is 6.54 Å². The van der Waals surface area contributed by atoms with Gasteiger partial charge in [0.2, 0.25) is 11.8 Å². The maximum Gasteiger partial charge on any atom is 0.242 e. The van der Waals surface area contributed by atoms with Gasteiger partial charge in [0.25, 0.3) is 0 Å². The van der Waals surface area contributed by atoms with Crippen LogP contribution in [-0.2, 0) is 9.59 Å². The van der Waals surface area contributed by atoms with Gasteiger partial charge >= 0.3 is 0 Å². The van der Waals surface area contributed by atoms with Crippen LogP contribution in [0, 0.1) is 0 Å². The fraction of sp³-hybridized carbons (Fsp3) is 0.429. The molecule has 0 unspecified atom stereocenters. The van der Waals surface area contributed by atoms with Gasteiger partial charge in [-0.3, -0.25) is 9.59 Å². The molecule has 1 aromatic carbocycles. The molecule has 4 nitrogen and oxygen atoms in total. The Bertz CT molecular complexity index is 467. The van der Waals surface area contributed by atoms with E-state index in [0.29, 0.717) is 10.7 Å². The van der Waals surface area contributed by atoms with Gasteiger partial charge in [-0.2, -0.15) is 0 Å². The highest BCUT2D eigenvalue weighted by Crippen LogP contribution is 2.19. The third kappa shape index (κ3) is 3.47. The van der Waals surface area contributed by atoms with Crippen LogP contribution in [0.1, 0.15) is 19.8 Å². The van der Waals surface area contributed by atoms with Crippen molar-refractivity contribution in [3.05, 3.63) is 29.3 Å². The first-order valence-corrected chi connectivity index (χ1v) is 6.77. The van der Waals surface area contributed by atoms with E-state index in [9.17, 15) is 9.59 Å². The SMILES string of the molecule is CC(=O)N(CC(=O)N1CCCC1)c1ccc(Cl)cc1. The molecule has 0 spiro atoms. The Kier molecular flexibility index (Phi) is 4.43. The lowest BCUT2D eigenvalue weighted by Crippen LogP contribution is -2.41. The standard InChI is InChI=1S/C14H17ClN2O2/c1-11(18)17(13-6-4-12(15)5-7-13)10-14(19)16-8-2-3-9-16/h4-7H,2-3,8-10H2,1H3. The summed E-state index contributed by atoms with van der Waals surface area (Å²) in [5, 5.41) is 0.609. The number of likely N-dealkylation sites (tertiary alicyclic amines) is 1. The summed E-state index contributed by atoms with van der Waals surface area (Å²) in [5.74, 6) is -0.141. The second-order valence-corrected chi connectivity index (χ2v) is 5.11. The van der Waals surface area contributed by atoms with E-state index in [2.05, 4.69) is 0 Å². The van der Waals surface area contributed by atoms with Crippen LogP contribution in [0.15, 0.2) is 24.3 Å². The van der Waals surface area contributed by atoms with E-state index in [1.807, 2.05) is 4.90 Å². The number of hydrogen-bond acceptors (Lipinski definition) is 2. The monoisotopic (exact) mass is 280 g/mol. The van der Waals surface area contributed by atoms with Gasteiger partial charge in [-0.05, 0) is 37.1 Å². The molecule has 1 heterocycles. The van der Waals surface area contributed by atoms with E-state index in [1.54, 1.807) is 24.3 Å². The van der Waals surface area contributed by atoms with Crippen molar-refractivity contribution in [1.82, 2.24) is 4.90 Å². The lowest BCUT2D eigenvalue weighted by Gasteiger charge is -2.24. The second-order valence-electron chi connectivity index (χ2n) is 4.67. The highest BCUT2D eigenvalue weighted by atomic mass is 35.5. The third-order valence-electron chi connectivity index (χ3n) is 3.27. The third-order valence-corrected chi connectivity index (χ3v) is 3.52. The van der Waals surface area contributed by atoms with Gasteiger partial charge in [0.15, 0.2) is 0 Å². The number of anilines is 1. The fourth-order valence-electron chi connectivity index (χ4n) is 2.21. The smallest absolute Gasteiger partial charge is 0.242 e. The van der Waals surface area contributed by atoms with Crippen molar-refractivity contribution < 1.29 is 9.59 Å². The molecule has 1 saturated heterocycles. The quantitative estimate of drug-likeness (QED) is 0.852. The summed E-state index contributed by atoms with van der Waals surface area (Å²) in [5.41, 5.74) is 0.699. The van der Waals surface area contributed by atoms with Gasteiger partial charge in [0, 0.05) is 30.7 Å². The Hall–Kier alpha value is -1.55. The van der Waals surface area contributed by atoms with Crippen LogP contribution in [0.5, 0.6) is 0 Å². The Morgan fingerprint density at radius 1 is 1.21 bits per heavy atom. The van der Waals surface area contributed by atoms with E-state index >= 15 is 0 Å². The van der Waals surface area contributed by atoms with Crippen molar-refractivity contribution in [2.45, 2.75) is 19.8 Å². The molecule has 1 aliphatic heterocycles. The molecule has 0 radical (unpaired) electrons. The molecule has 102 valence electrons. The molecule has 1 fully saturated rings. The Labute approximate surface area is 117 Å². The van der Waals surface area contributed by atoms with Crippen LogP contribution in [0.2, 0.25) is 5.02 Å². The number of amides is 2. The Balaban J connectivity index is 2.09. The van der Waals surface area contributed by atoms with Gasteiger partial charge in [-0.1, -0.05) is 11.6 Å². The first-order chi connectivity index (χ1) is 9.08. The maximum absolute atomic E-state index is 12.1. The normalized spacial score (nSPS) is 14.5. The minimum Gasteiger partial charge on any atom is -0.341 e. The molecular weight excluding hydrogens is 264 g/mol. The number of carbonyl (C=O) groups excluding carboxylic acids is 2. The summed E-state index contributed by atoms with van der Waals surface area (Å²) >= 11 is 5.83. The Morgan fingerprint density at radius 2 is 1.79 bits per heavy atom. The number of nitrogens with zero attached hydrogens (tertiary/aromatic N) is 2. The van der Waals surface area contributed by atoms with E-state index < -0.39 is 0 Å². The van der Waals surface area contributed by atoms with Crippen molar-refractivity contribution in [3.63, 3.8) is 0 Å². The molecule has 0 aliphatic carbocycles. The van der Waals surface area contributed by atoms with E-state index in [-0.39, 0.29) is 18.4 Å². The largest absolute Gasteiger partial charge is 0.341 e. The average Bonchev–Trinajstić information content (AvgIpc) is 2.90. The first kappa shape index (κ1) is 13.9. The van der Waals surface area contributed by atoms with Crippen LogP contribution in [0.4, 0.5) is 5.69 Å². The van der Waals surface area contributed by atoms with E-state index in [1.165, 1.54) is 11.8 Å². The lowest BCUT2D eigenvalue weighted by molar-refractivity contribution is -0.130. The van der Waals surface area contributed by atoms with E-state index in [0.717, 1.165) is 25.9 Å².